The highest BCUT2D eigenvalue weighted by Gasteiger charge is 2.11. The van der Waals surface area contributed by atoms with E-state index in [0.29, 0.717) is 17.3 Å². The summed E-state index contributed by atoms with van der Waals surface area (Å²) >= 11 is 0. The molecule has 0 fully saturated rings. The number of benzene rings is 2. The van der Waals surface area contributed by atoms with E-state index in [-0.39, 0.29) is 12.3 Å². The number of non-ortho nitro benzene ring substituents is 1. The van der Waals surface area contributed by atoms with Gasteiger partial charge in [0.15, 0.2) is 6.61 Å². The van der Waals surface area contributed by atoms with Crippen LogP contribution in [0.3, 0.4) is 0 Å². The van der Waals surface area contributed by atoms with Crippen molar-refractivity contribution in [1.82, 2.24) is 10.1 Å². The van der Waals surface area contributed by atoms with Gasteiger partial charge in [-0.1, -0.05) is 23.4 Å². The maximum absolute atomic E-state index is 10.6. The molecule has 0 unspecified atom stereocenters. The zero-order valence-corrected chi connectivity index (χ0v) is 12.3. The lowest BCUT2D eigenvalue weighted by molar-refractivity contribution is -0.384. The average Bonchev–Trinajstić information content (AvgIpc) is 3.03. The zero-order chi connectivity index (χ0) is 16.2. The summed E-state index contributed by atoms with van der Waals surface area (Å²) in [6, 6.07) is 13.6. The molecule has 0 bridgehead atoms. The van der Waals surface area contributed by atoms with Crippen molar-refractivity contribution in [2.24, 2.45) is 0 Å². The highest BCUT2D eigenvalue weighted by molar-refractivity contribution is 5.56. The smallest absolute Gasteiger partial charge is 0.269 e. The Hall–Kier alpha value is -3.22. The number of hydrogen-bond donors (Lipinski definition) is 0. The molecule has 2 aromatic carbocycles. The zero-order valence-electron chi connectivity index (χ0n) is 12.3. The number of aryl methyl sites for hydroxylation is 1. The molecule has 1 heterocycles. The first-order valence-corrected chi connectivity index (χ1v) is 6.89. The molecular formula is C16H13N3O4. The predicted octanol–water partition coefficient (Wildman–Crippen LogP) is 3.53. The number of nitrogens with zero attached hydrogens (tertiary/aromatic N) is 3. The molecule has 1 aromatic heterocycles. The van der Waals surface area contributed by atoms with Crippen molar-refractivity contribution >= 4 is 5.69 Å². The summed E-state index contributed by atoms with van der Waals surface area (Å²) in [5, 5.41) is 14.5. The second-order valence-corrected chi connectivity index (χ2v) is 4.87. The fraction of sp³-hybridized carbons (Fsp3) is 0.125. The van der Waals surface area contributed by atoms with Crippen LogP contribution in [0.4, 0.5) is 5.69 Å². The summed E-state index contributed by atoms with van der Waals surface area (Å²) < 4.78 is 10.8. The Morgan fingerprint density at radius 2 is 1.91 bits per heavy atom. The summed E-state index contributed by atoms with van der Waals surface area (Å²) in [6.07, 6.45) is 0. The minimum Gasteiger partial charge on any atom is -0.483 e. The highest BCUT2D eigenvalue weighted by Crippen LogP contribution is 2.21. The van der Waals surface area contributed by atoms with Crippen LogP contribution in [0.1, 0.15) is 11.5 Å². The van der Waals surface area contributed by atoms with Crippen molar-refractivity contribution in [2.45, 2.75) is 13.5 Å². The lowest BCUT2D eigenvalue weighted by atomic mass is 10.2. The molecule has 0 atom stereocenters. The van der Waals surface area contributed by atoms with Gasteiger partial charge < -0.3 is 9.26 Å². The van der Waals surface area contributed by atoms with Crippen LogP contribution >= 0.6 is 0 Å². The van der Waals surface area contributed by atoms with Crippen molar-refractivity contribution < 1.29 is 14.2 Å². The maximum atomic E-state index is 10.6. The van der Waals surface area contributed by atoms with Gasteiger partial charge in [-0.25, -0.2) is 0 Å². The molecule has 0 aliphatic rings. The Bertz CT molecular complexity index is 827. The van der Waals surface area contributed by atoms with Crippen molar-refractivity contribution in [3.8, 4) is 17.1 Å². The van der Waals surface area contributed by atoms with Crippen LogP contribution in [0.25, 0.3) is 11.4 Å². The average molecular weight is 311 g/mol. The Morgan fingerprint density at radius 1 is 1.17 bits per heavy atom. The number of ether oxygens (including phenoxy) is 1. The number of nitro benzene ring substituents is 1. The first-order valence-electron chi connectivity index (χ1n) is 6.89. The van der Waals surface area contributed by atoms with Gasteiger partial charge in [0.25, 0.3) is 11.6 Å². The van der Waals surface area contributed by atoms with Gasteiger partial charge in [-0.05, 0) is 30.7 Å². The molecule has 0 radical (unpaired) electrons. The van der Waals surface area contributed by atoms with Crippen LogP contribution in [0.5, 0.6) is 5.75 Å². The normalized spacial score (nSPS) is 10.5. The number of nitro groups is 1. The molecule has 0 N–H and O–H groups in total. The third kappa shape index (κ3) is 3.34. The molecule has 7 heteroatoms. The summed E-state index contributed by atoms with van der Waals surface area (Å²) in [7, 11) is 0. The van der Waals surface area contributed by atoms with Crippen LogP contribution in [0, 0.1) is 17.0 Å². The van der Waals surface area contributed by atoms with E-state index in [1.165, 1.54) is 12.1 Å². The Labute approximate surface area is 131 Å². The fourth-order valence-corrected chi connectivity index (χ4v) is 2.02. The summed E-state index contributed by atoms with van der Waals surface area (Å²) in [5.41, 5.74) is 1.67. The second kappa shape index (κ2) is 6.27. The molecule has 0 spiro atoms. The van der Waals surface area contributed by atoms with Gasteiger partial charge in [-0.3, -0.25) is 10.1 Å². The van der Waals surface area contributed by atoms with Gasteiger partial charge in [0.05, 0.1) is 4.92 Å². The standard InChI is InChI=1S/C16H13N3O4/c1-11-4-2-3-5-14(11)22-10-15-17-16(18-23-15)12-6-8-13(9-7-12)19(20)21/h2-9H,10H2,1H3. The Balaban J connectivity index is 1.70. The Morgan fingerprint density at radius 3 is 2.61 bits per heavy atom. The van der Waals surface area contributed by atoms with Crippen LogP contribution in [-0.2, 0) is 6.61 Å². The molecule has 0 saturated heterocycles. The van der Waals surface area contributed by atoms with Crippen molar-refractivity contribution in [1.29, 1.82) is 0 Å². The first-order chi connectivity index (χ1) is 11.1. The monoisotopic (exact) mass is 311 g/mol. The van der Waals surface area contributed by atoms with Gasteiger partial charge in [0, 0.05) is 17.7 Å². The third-order valence-corrected chi connectivity index (χ3v) is 3.25. The quantitative estimate of drug-likeness (QED) is 0.528. The minimum absolute atomic E-state index is 0.0142. The summed E-state index contributed by atoms with van der Waals surface area (Å²) in [4.78, 5) is 14.4. The van der Waals surface area contributed by atoms with Crippen molar-refractivity contribution in [3.05, 3.63) is 70.1 Å². The van der Waals surface area contributed by atoms with E-state index >= 15 is 0 Å². The van der Waals surface area contributed by atoms with Crippen LogP contribution < -0.4 is 4.74 Å². The van der Waals surface area contributed by atoms with E-state index in [1.54, 1.807) is 12.1 Å². The molecule has 3 rings (SSSR count). The van der Waals surface area contributed by atoms with E-state index in [2.05, 4.69) is 10.1 Å². The third-order valence-electron chi connectivity index (χ3n) is 3.25. The number of hydrogen-bond acceptors (Lipinski definition) is 6. The summed E-state index contributed by atoms with van der Waals surface area (Å²) in [6.45, 7) is 2.11. The topological polar surface area (TPSA) is 91.3 Å². The van der Waals surface area contributed by atoms with Crippen LogP contribution in [0.2, 0.25) is 0 Å². The van der Waals surface area contributed by atoms with Gasteiger partial charge in [-0.15, -0.1) is 0 Å². The molecule has 0 saturated carbocycles. The largest absolute Gasteiger partial charge is 0.483 e. The second-order valence-electron chi connectivity index (χ2n) is 4.87. The van der Waals surface area contributed by atoms with E-state index in [1.807, 2.05) is 31.2 Å². The van der Waals surface area contributed by atoms with Crippen molar-refractivity contribution in [2.75, 3.05) is 0 Å². The van der Waals surface area contributed by atoms with Crippen LogP contribution in [-0.4, -0.2) is 15.1 Å². The summed E-state index contributed by atoms with van der Waals surface area (Å²) in [5.74, 6) is 1.45. The van der Waals surface area contributed by atoms with E-state index < -0.39 is 4.92 Å². The van der Waals surface area contributed by atoms with E-state index in [9.17, 15) is 10.1 Å². The number of aromatic nitrogens is 2. The fourth-order valence-electron chi connectivity index (χ4n) is 2.02. The molecule has 116 valence electrons. The van der Waals surface area contributed by atoms with E-state index in [0.717, 1.165) is 11.3 Å². The molecule has 3 aromatic rings. The predicted molar refractivity (Wildman–Crippen MR) is 81.9 cm³/mol. The maximum Gasteiger partial charge on any atom is 0.269 e. The van der Waals surface area contributed by atoms with Gasteiger partial charge in [0.1, 0.15) is 5.75 Å². The minimum atomic E-state index is -0.457. The molecule has 0 aliphatic carbocycles. The number of para-hydroxylation sites is 1. The molecule has 0 aliphatic heterocycles. The number of rotatable bonds is 5. The van der Waals surface area contributed by atoms with Gasteiger partial charge in [0.2, 0.25) is 5.82 Å². The lowest BCUT2D eigenvalue weighted by Crippen LogP contribution is -1.97. The SMILES string of the molecule is Cc1ccccc1OCc1nc(-c2ccc([N+](=O)[O-])cc2)no1. The van der Waals surface area contributed by atoms with Crippen LogP contribution in [0.15, 0.2) is 53.1 Å². The van der Waals surface area contributed by atoms with Crippen molar-refractivity contribution in [3.63, 3.8) is 0 Å². The highest BCUT2D eigenvalue weighted by atomic mass is 16.6. The molecular weight excluding hydrogens is 298 g/mol. The molecule has 7 nitrogen and oxygen atoms in total. The molecule has 0 amide bonds. The van der Waals surface area contributed by atoms with Gasteiger partial charge >= 0.3 is 0 Å². The Kier molecular flexibility index (Phi) is 4.01. The van der Waals surface area contributed by atoms with Gasteiger partial charge in [-0.2, -0.15) is 4.98 Å². The van der Waals surface area contributed by atoms with E-state index in [4.69, 9.17) is 9.26 Å². The lowest BCUT2D eigenvalue weighted by Gasteiger charge is -2.05. The first kappa shape index (κ1) is 14.7. The molecule has 23 heavy (non-hydrogen) atoms.